The van der Waals surface area contributed by atoms with E-state index in [4.69, 9.17) is 11.6 Å². The molecule has 2 atom stereocenters. The fraction of sp³-hybridized carbons (Fsp3) is 0.350. The van der Waals surface area contributed by atoms with Crippen molar-refractivity contribution in [3.63, 3.8) is 0 Å². The molecule has 1 amide bonds. The molecular weight excluding hydrogens is 352 g/mol. The van der Waals surface area contributed by atoms with Crippen LogP contribution in [0.3, 0.4) is 0 Å². The number of halogens is 1. The van der Waals surface area contributed by atoms with E-state index in [-0.39, 0.29) is 11.2 Å². The lowest BCUT2D eigenvalue weighted by Crippen LogP contribution is -2.39. The molecule has 0 saturated carbocycles. The molecule has 5 heteroatoms. The molecule has 2 aromatic rings. The lowest BCUT2D eigenvalue weighted by molar-refractivity contribution is -0.120. The molecule has 0 spiro atoms. The number of nitrogens with one attached hydrogen (secondary N) is 2. The van der Waals surface area contributed by atoms with Crippen LogP contribution in [0.2, 0.25) is 5.02 Å². The van der Waals surface area contributed by atoms with Gasteiger partial charge in [-0.05, 0) is 49.5 Å². The maximum Gasteiger partial charge on any atom is 0.238 e. The van der Waals surface area contributed by atoms with Crippen molar-refractivity contribution in [2.75, 3.05) is 19.6 Å². The van der Waals surface area contributed by atoms with E-state index in [1.54, 1.807) is 0 Å². The van der Waals surface area contributed by atoms with Crippen LogP contribution in [0.1, 0.15) is 23.7 Å². The standard InChI is InChI=1S/C20H23ClN2OS/c21-17-10-4-5-11-18(17)25-19(16-8-2-1-3-9-16)20(24)23-14-15-7-6-12-22-13-15/h1-5,8-11,15,19,22H,6-7,12-14H2,(H,23,24). The van der Waals surface area contributed by atoms with Crippen LogP contribution in [0.5, 0.6) is 0 Å². The molecule has 0 aromatic heterocycles. The molecular formula is C20H23ClN2OS. The van der Waals surface area contributed by atoms with Crippen molar-refractivity contribution in [1.29, 1.82) is 0 Å². The third-order valence-corrected chi connectivity index (χ3v) is 6.16. The van der Waals surface area contributed by atoms with Gasteiger partial charge in [-0.2, -0.15) is 0 Å². The molecule has 0 radical (unpaired) electrons. The van der Waals surface area contributed by atoms with Gasteiger partial charge in [0.15, 0.2) is 0 Å². The van der Waals surface area contributed by atoms with Crippen molar-refractivity contribution in [3.8, 4) is 0 Å². The van der Waals surface area contributed by atoms with Gasteiger partial charge in [-0.25, -0.2) is 0 Å². The number of piperidine rings is 1. The lowest BCUT2D eigenvalue weighted by atomic mass is 9.99. The summed E-state index contributed by atoms with van der Waals surface area (Å²) in [4.78, 5) is 13.8. The maximum absolute atomic E-state index is 12.9. The van der Waals surface area contributed by atoms with Gasteiger partial charge in [-0.15, -0.1) is 11.8 Å². The fourth-order valence-corrected chi connectivity index (χ4v) is 4.35. The summed E-state index contributed by atoms with van der Waals surface area (Å²) in [5, 5.41) is 6.91. The number of thioether (sulfide) groups is 1. The quantitative estimate of drug-likeness (QED) is 0.741. The molecule has 25 heavy (non-hydrogen) atoms. The number of benzene rings is 2. The van der Waals surface area contributed by atoms with Crippen molar-refractivity contribution in [1.82, 2.24) is 10.6 Å². The molecule has 132 valence electrons. The Hall–Kier alpha value is -1.49. The van der Waals surface area contributed by atoms with Crippen LogP contribution in [-0.4, -0.2) is 25.5 Å². The Kier molecular flexibility index (Phi) is 6.79. The van der Waals surface area contributed by atoms with Crippen molar-refractivity contribution < 1.29 is 4.79 Å². The molecule has 3 rings (SSSR count). The Morgan fingerprint density at radius 1 is 1.20 bits per heavy atom. The number of amides is 1. The molecule has 2 N–H and O–H groups in total. The molecule has 2 aromatic carbocycles. The third-order valence-electron chi connectivity index (χ3n) is 4.39. The SMILES string of the molecule is O=C(NCC1CCCNC1)C(Sc1ccccc1Cl)c1ccccc1. The van der Waals surface area contributed by atoms with E-state index in [0.717, 1.165) is 30.1 Å². The normalized spacial score (nSPS) is 18.5. The first-order valence-electron chi connectivity index (χ1n) is 8.68. The number of hydrogen-bond acceptors (Lipinski definition) is 3. The Morgan fingerprint density at radius 3 is 2.68 bits per heavy atom. The minimum atomic E-state index is -0.308. The summed E-state index contributed by atoms with van der Waals surface area (Å²) >= 11 is 7.80. The highest BCUT2D eigenvalue weighted by Gasteiger charge is 2.24. The van der Waals surface area contributed by atoms with Gasteiger partial charge in [0.1, 0.15) is 5.25 Å². The van der Waals surface area contributed by atoms with Gasteiger partial charge in [0.25, 0.3) is 0 Å². The summed E-state index contributed by atoms with van der Waals surface area (Å²) in [5.74, 6) is 0.557. The zero-order chi connectivity index (χ0) is 17.5. The predicted molar refractivity (Wildman–Crippen MR) is 105 cm³/mol. The van der Waals surface area contributed by atoms with Crippen LogP contribution in [0.25, 0.3) is 0 Å². The Balaban J connectivity index is 1.71. The molecule has 2 unspecified atom stereocenters. The first-order valence-corrected chi connectivity index (χ1v) is 9.94. The molecule has 1 heterocycles. The van der Waals surface area contributed by atoms with E-state index in [1.807, 2.05) is 54.6 Å². The average molecular weight is 375 g/mol. The molecule has 0 aliphatic carbocycles. The highest BCUT2D eigenvalue weighted by Crippen LogP contribution is 2.38. The van der Waals surface area contributed by atoms with E-state index in [2.05, 4.69) is 10.6 Å². The molecule has 0 bridgehead atoms. The van der Waals surface area contributed by atoms with Crippen molar-refractivity contribution in [2.24, 2.45) is 5.92 Å². The number of carbonyl (C=O) groups excluding carboxylic acids is 1. The number of carbonyl (C=O) groups is 1. The van der Waals surface area contributed by atoms with E-state index in [0.29, 0.717) is 10.9 Å². The topological polar surface area (TPSA) is 41.1 Å². The maximum atomic E-state index is 12.9. The molecule has 1 aliphatic rings. The van der Waals surface area contributed by atoms with Crippen molar-refractivity contribution in [2.45, 2.75) is 23.0 Å². The Labute approximate surface area is 158 Å². The number of hydrogen-bond donors (Lipinski definition) is 2. The molecule has 3 nitrogen and oxygen atoms in total. The van der Waals surface area contributed by atoms with E-state index in [9.17, 15) is 4.79 Å². The molecule has 1 saturated heterocycles. The van der Waals surface area contributed by atoms with Crippen LogP contribution in [-0.2, 0) is 4.79 Å². The van der Waals surface area contributed by atoms with Gasteiger partial charge in [0.05, 0.1) is 5.02 Å². The summed E-state index contributed by atoms with van der Waals surface area (Å²) < 4.78 is 0. The Bertz CT molecular complexity index is 689. The molecule has 1 aliphatic heterocycles. The summed E-state index contributed by atoms with van der Waals surface area (Å²) in [5.41, 5.74) is 0.992. The highest BCUT2D eigenvalue weighted by molar-refractivity contribution is 8.00. The second kappa shape index (κ2) is 9.27. The fourth-order valence-electron chi connectivity index (χ4n) is 3.00. The van der Waals surface area contributed by atoms with Gasteiger partial charge >= 0.3 is 0 Å². The largest absolute Gasteiger partial charge is 0.355 e. The second-order valence-electron chi connectivity index (χ2n) is 6.30. The summed E-state index contributed by atoms with van der Waals surface area (Å²) in [6.45, 7) is 2.78. The van der Waals surface area contributed by atoms with Gasteiger partial charge in [-0.1, -0.05) is 54.1 Å². The third kappa shape index (κ3) is 5.24. The van der Waals surface area contributed by atoms with Gasteiger partial charge in [0.2, 0.25) is 5.91 Å². The van der Waals surface area contributed by atoms with Crippen LogP contribution in [0.4, 0.5) is 0 Å². The van der Waals surface area contributed by atoms with E-state index < -0.39 is 0 Å². The average Bonchev–Trinajstić information content (AvgIpc) is 2.67. The van der Waals surface area contributed by atoms with Gasteiger partial charge in [-0.3, -0.25) is 4.79 Å². The summed E-state index contributed by atoms with van der Waals surface area (Å²) in [6.07, 6.45) is 2.35. The van der Waals surface area contributed by atoms with Crippen LogP contribution >= 0.6 is 23.4 Å². The van der Waals surface area contributed by atoms with Crippen LogP contribution < -0.4 is 10.6 Å². The predicted octanol–water partition coefficient (Wildman–Crippen LogP) is 4.29. The van der Waals surface area contributed by atoms with Crippen LogP contribution in [0, 0.1) is 5.92 Å². The summed E-state index contributed by atoms with van der Waals surface area (Å²) in [7, 11) is 0. The van der Waals surface area contributed by atoms with Crippen molar-refractivity contribution in [3.05, 3.63) is 65.2 Å². The first kappa shape index (κ1) is 18.3. The smallest absolute Gasteiger partial charge is 0.238 e. The minimum Gasteiger partial charge on any atom is -0.355 e. The monoisotopic (exact) mass is 374 g/mol. The summed E-state index contributed by atoms with van der Waals surface area (Å²) in [6, 6.07) is 17.6. The van der Waals surface area contributed by atoms with Crippen LogP contribution in [0.15, 0.2) is 59.5 Å². The second-order valence-corrected chi connectivity index (χ2v) is 7.85. The van der Waals surface area contributed by atoms with Gasteiger partial charge < -0.3 is 10.6 Å². The minimum absolute atomic E-state index is 0.0432. The van der Waals surface area contributed by atoms with E-state index >= 15 is 0 Å². The first-order chi connectivity index (χ1) is 12.2. The van der Waals surface area contributed by atoms with E-state index in [1.165, 1.54) is 24.6 Å². The Morgan fingerprint density at radius 2 is 1.96 bits per heavy atom. The molecule has 1 fully saturated rings. The zero-order valence-corrected chi connectivity index (χ0v) is 15.7. The zero-order valence-electron chi connectivity index (χ0n) is 14.1. The number of rotatable bonds is 6. The van der Waals surface area contributed by atoms with Gasteiger partial charge in [0, 0.05) is 11.4 Å². The highest BCUT2D eigenvalue weighted by atomic mass is 35.5. The lowest BCUT2D eigenvalue weighted by Gasteiger charge is -2.24. The van der Waals surface area contributed by atoms with Crippen molar-refractivity contribution >= 4 is 29.3 Å².